The highest BCUT2D eigenvalue weighted by molar-refractivity contribution is 6.32. The van der Waals surface area contributed by atoms with E-state index >= 15 is 0 Å². The van der Waals surface area contributed by atoms with Crippen molar-refractivity contribution in [3.05, 3.63) is 40.9 Å². The Kier molecular flexibility index (Phi) is 6.24. The molecule has 20 heavy (non-hydrogen) atoms. The minimum atomic E-state index is -0.145. The van der Waals surface area contributed by atoms with Gasteiger partial charge in [-0.25, -0.2) is 0 Å². The van der Waals surface area contributed by atoms with E-state index in [2.05, 4.69) is 5.32 Å². The number of carbonyl (C=O) groups is 1. The van der Waals surface area contributed by atoms with Crippen molar-refractivity contribution in [3.8, 4) is 0 Å². The van der Waals surface area contributed by atoms with Crippen LogP contribution in [0.15, 0.2) is 30.3 Å². The second-order valence-electron chi connectivity index (χ2n) is 5.66. The molecule has 0 unspecified atom stereocenters. The van der Waals surface area contributed by atoms with Gasteiger partial charge in [0.15, 0.2) is 0 Å². The second kappa shape index (κ2) is 7.46. The first-order valence-corrected chi connectivity index (χ1v) is 7.05. The summed E-state index contributed by atoms with van der Waals surface area (Å²) in [4.78, 5) is 11.9. The molecular formula is C16H22ClNO2. The number of aliphatic hydroxyl groups excluding tert-OH is 1. The average Bonchev–Trinajstić information content (AvgIpc) is 2.37. The van der Waals surface area contributed by atoms with Crippen molar-refractivity contribution in [1.82, 2.24) is 5.32 Å². The molecule has 0 atom stereocenters. The van der Waals surface area contributed by atoms with E-state index in [1.54, 1.807) is 12.1 Å². The molecule has 1 aromatic rings. The lowest BCUT2D eigenvalue weighted by Gasteiger charge is -2.23. The molecule has 1 aromatic carbocycles. The molecule has 0 spiro atoms. The van der Waals surface area contributed by atoms with Crippen LogP contribution in [0, 0.1) is 5.41 Å². The fourth-order valence-electron chi connectivity index (χ4n) is 1.82. The van der Waals surface area contributed by atoms with Crippen molar-refractivity contribution >= 4 is 23.1 Å². The largest absolute Gasteiger partial charge is 0.396 e. The zero-order valence-electron chi connectivity index (χ0n) is 12.2. The topological polar surface area (TPSA) is 49.3 Å². The minimum Gasteiger partial charge on any atom is -0.396 e. The number of carbonyl (C=O) groups excluding carboxylic acids is 1. The fraction of sp³-hybridized carbons (Fsp3) is 0.438. The van der Waals surface area contributed by atoms with E-state index in [1.807, 2.05) is 39.0 Å². The van der Waals surface area contributed by atoms with Crippen molar-refractivity contribution in [3.63, 3.8) is 0 Å². The molecular weight excluding hydrogens is 274 g/mol. The van der Waals surface area contributed by atoms with Crippen molar-refractivity contribution in [2.75, 3.05) is 13.2 Å². The third-order valence-electron chi connectivity index (χ3n) is 3.18. The Morgan fingerprint density at radius 2 is 2.05 bits per heavy atom. The van der Waals surface area contributed by atoms with E-state index in [9.17, 15) is 4.79 Å². The Balaban J connectivity index is 2.66. The minimum absolute atomic E-state index is 0.115. The van der Waals surface area contributed by atoms with E-state index in [0.717, 1.165) is 11.1 Å². The van der Waals surface area contributed by atoms with E-state index in [0.29, 0.717) is 18.0 Å². The number of hydrogen-bond donors (Lipinski definition) is 2. The maximum Gasteiger partial charge on any atom is 0.244 e. The molecule has 0 saturated heterocycles. The second-order valence-corrected chi connectivity index (χ2v) is 6.07. The van der Waals surface area contributed by atoms with Crippen LogP contribution in [0.1, 0.15) is 32.8 Å². The highest BCUT2D eigenvalue weighted by Gasteiger charge is 2.17. The molecule has 0 heterocycles. The number of allylic oxidation sites excluding steroid dienone is 1. The Labute approximate surface area is 125 Å². The van der Waals surface area contributed by atoms with Gasteiger partial charge in [-0.1, -0.05) is 43.6 Å². The van der Waals surface area contributed by atoms with Gasteiger partial charge in [0.1, 0.15) is 0 Å². The first-order valence-electron chi connectivity index (χ1n) is 6.67. The number of amides is 1. The van der Waals surface area contributed by atoms with Crippen molar-refractivity contribution < 1.29 is 9.90 Å². The number of benzene rings is 1. The molecule has 0 aliphatic heterocycles. The molecule has 4 heteroatoms. The number of halogens is 1. The first-order chi connectivity index (χ1) is 9.35. The summed E-state index contributed by atoms with van der Waals surface area (Å²) in [6, 6.07) is 7.44. The van der Waals surface area contributed by atoms with Gasteiger partial charge in [0.05, 0.1) is 0 Å². The maximum absolute atomic E-state index is 11.9. The lowest BCUT2D eigenvalue weighted by atomic mass is 9.90. The van der Waals surface area contributed by atoms with Gasteiger partial charge >= 0.3 is 0 Å². The summed E-state index contributed by atoms with van der Waals surface area (Å²) in [5, 5.41) is 12.4. The van der Waals surface area contributed by atoms with Crippen molar-refractivity contribution in [1.29, 1.82) is 0 Å². The molecule has 0 bridgehead atoms. The standard InChI is InChI=1S/C16H22ClNO2/c1-12(13-6-4-5-7-14(13)17)10-15(20)18-11-16(2,3)8-9-19/h4-7,10,19H,8-9,11H2,1-3H3,(H,18,20)/b12-10-. The van der Waals surface area contributed by atoms with Gasteiger partial charge in [0.25, 0.3) is 0 Å². The highest BCUT2D eigenvalue weighted by Crippen LogP contribution is 2.23. The molecule has 1 amide bonds. The van der Waals surface area contributed by atoms with Crippen molar-refractivity contribution in [2.24, 2.45) is 5.41 Å². The van der Waals surface area contributed by atoms with Gasteiger partial charge in [-0.05, 0) is 36.0 Å². The number of nitrogens with one attached hydrogen (secondary N) is 1. The zero-order valence-corrected chi connectivity index (χ0v) is 13.0. The van der Waals surface area contributed by atoms with E-state index in [1.165, 1.54) is 0 Å². The Morgan fingerprint density at radius 1 is 1.40 bits per heavy atom. The van der Waals surface area contributed by atoms with Gasteiger partial charge < -0.3 is 10.4 Å². The predicted octanol–water partition coefficient (Wildman–Crippen LogP) is 3.27. The number of rotatable bonds is 6. The summed E-state index contributed by atoms with van der Waals surface area (Å²) in [5.41, 5.74) is 1.57. The lowest BCUT2D eigenvalue weighted by Crippen LogP contribution is -2.33. The van der Waals surface area contributed by atoms with Crippen LogP contribution in [0.2, 0.25) is 5.02 Å². The summed E-state index contributed by atoms with van der Waals surface area (Å²) in [6.07, 6.45) is 2.21. The number of aliphatic hydroxyl groups is 1. The van der Waals surface area contributed by atoms with Crippen LogP contribution >= 0.6 is 11.6 Å². The van der Waals surface area contributed by atoms with Crippen LogP contribution in [0.3, 0.4) is 0 Å². The third-order valence-corrected chi connectivity index (χ3v) is 3.51. The summed E-state index contributed by atoms with van der Waals surface area (Å²) >= 11 is 6.09. The Hall–Kier alpha value is -1.32. The molecule has 0 aliphatic carbocycles. The van der Waals surface area contributed by atoms with Crippen LogP contribution in [-0.2, 0) is 4.79 Å². The van der Waals surface area contributed by atoms with Crippen molar-refractivity contribution in [2.45, 2.75) is 27.2 Å². The summed E-state index contributed by atoms with van der Waals surface area (Å²) in [5.74, 6) is -0.145. The lowest BCUT2D eigenvalue weighted by molar-refractivity contribution is -0.116. The van der Waals surface area contributed by atoms with Crippen LogP contribution in [0.4, 0.5) is 0 Å². The molecule has 0 saturated carbocycles. The quantitative estimate of drug-likeness (QED) is 0.791. The molecule has 3 nitrogen and oxygen atoms in total. The van der Waals surface area contributed by atoms with Gasteiger partial charge in [-0.3, -0.25) is 4.79 Å². The van der Waals surface area contributed by atoms with Crippen LogP contribution in [0.5, 0.6) is 0 Å². The highest BCUT2D eigenvalue weighted by atomic mass is 35.5. The molecule has 0 radical (unpaired) electrons. The predicted molar refractivity (Wildman–Crippen MR) is 83.6 cm³/mol. The summed E-state index contributed by atoms with van der Waals surface area (Å²) < 4.78 is 0. The number of hydrogen-bond acceptors (Lipinski definition) is 2. The normalized spacial score (nSPS) is 12.3. The molecule has 2 N–H and O–H groups in total. The van der Waals surface area contributed by atoms with E-state index in [4.69, 9.17) is 16.7 Å². The Bertz CT molecular complexity index is 495. The smallest absolute Gasteiger partial charge is 0.244 e. The monoisotopic (exact) mass is 295 g/mol. The molecule has 110 valence electrons. The van der Waals surface area contributed by atoms with E-state index < -0.39 is 0 Å². The van der Waals surface area contributed by atoms with Gasteiger partial charge in [-0.15, -0.1) is 0 Å². The fourth-order valence-corrected chi connectivity index (χ4v) is 2.11. The van der Waals surface area contributed by atoms with E-state index in [-0.39, 0.29) is 17.9 Å². The van der Waals surface area contributed by atoms with Gasteiger partial charge in [0, 0.05) is 24.3 Å². The van der Waals surface area contributed by atoms with Crippen LogP contribution in [0.25, 0.3) is 5.57 Å². The molecule has 0 aromatic heterocycles. The first kappa shape index (κ1) is 16.7. The SMILES string of the molecule is C/C(=C/C(=O)NCC(C)(C)CCO)c1ccccc1Cl. The Morgan fingerprint density at radius 3 is 2.65 bits per heavy atom. The van der Waals surface area contributed by atoms with Crippen LogP contribution in [-0.4, -0.2) is 24.2 Å². The molecule has 0 aliphatic rings. The summed E-state index contributed by atoms with van der Waals surface area (Å²) in [6.45, 7) is 6.53. The van der Waals surface area contributed by atoms with Gasteiger partial charge in [-0.2, -0.15) is 0 Å². The molecule has 0 fully saturated rings. The van der Waals surface area contributed by atoms with Crippen LogP contribution < -0.4 is 5.32 Å². The van der Waals surface area contributed by atoms with Gasteiger partial charge in [0.2, 0.25) is 5.91 Å². The average molecular weight is 296 g/mol. The molecule has 1 rings (SSSR count). The zero-order chi connectivity index (χ0) is 15.2. The third kappa shape index (κ3) is 5.35. The maximum atomic E-state index is 11.9. The summed E-state index contributed by atoms with van der Waals surface area (Å²) in [7, 11) is 0.